The van der Waals surface area contributed by atoms with Gasteiger partial charge in [0.2, 0.25) is 6.54 Å². The van der Waals surface area contributed by atoms with Crippen LogP contribution in [-0.4, -0.2) is 42.7 Å². The Hall–Kier alpha value is -2.64. The Bertz CT molecular complexity index is 527. The number of benzene rings is 1. The van der Waals surface area contributed by atoms with E-state index in [-0.39, 0.29) is 11.3 Å². The summed E-state index contributed by atoms with van der Waals surface area (Å²) in [5.74, 6) is -4.89. The second kappa shape index (κ2) is 7.22. The van der Waals surface area contributed by atoms with Crippen LogP contribution in [0.25, 0.3) is 0 Å². The van der Waals surface area contributed by atoms with Crippen molar-refractivity contribution in [3.05, 3.63) is 39.9 Å². The number of rotatable bonds is 6. The summed E-state index contributed by atoms with van der Waals surface area (Å²) in [5, 5.41) is 20.7. The Kier molecular flexibility index (Phi) is 5.65. The molecule has 0 aliphatic heterocycles. The molecular weight excluding hydrogens is 282 g/mol. The van der Waals surface area contributed by atoms with Gasteiger partial charge in [0.25, 0.3) is 0 Å². The Labute approximate surface area is 120 Å². The molecule has 1 aromatic carbocycles. The summed E-state index contributed by atoms with van der Waals surface area (Å²) in [6, 6.07) is 5.78. The third-order valence-electron chi connectivity index (χ3n) is 2.99. The molecule has 0 spiro atoms. The lowest BCUT2D eigenvalue weighted by Crippen LogP contribution is -2.35. The maximum atomic E-state index is 11.8. The summed E-state index contributed by atoms with van der Waals surface area (Å²) in [6.45, 7) is -0.730. The quantitative estimate of drug-likeness (QED) is 0.356. The number of aromatic hydroxyl groups is 1. The number of nitrogens with zero attached hydrogens (tertiary/aromatic N) is 1. The lowest BCUT2D eigenvalue weighted by Gasteiger charge is -2.21. The number of hydrogen-bond acceptors (Lipinski definition) is 7. The number of hydrogen-bond donors (Lipinski definition) is 1. The van der Waals surface area contributed by atoms with Crippen LogP contribution in [0.1, 0.15) is 11.5 Å². The van der Waals surface area contributed by atoms with Crippen molar-refractivity contribution >= 4 is 11.9 Å². The zero-order valence-corrected chi connectivity index (χ0v) is 11.5. The first-order valence-corrected chi connectivity index (χ1v) is 5.97. The van der Waals surface area contributed by atoms with E-state index in [1.807, 2.05) is 0 Å². The predicted molar refractivity (Wildman–Crippen MR) is 70.2 cm³/mol. The molecule has 0 saturated carbocycles. The second-order valence-corrected chi connectivity index (χ2v) is 4.20. The maximum Gasteiger partial charge on any atom is 0.320 e. The summed E-state index contributed by atoms with van der Waals surface area (Å²) in [6.07, 6.45) is 0. The number of esters is 2. The van der Waals surface area contributed by atoms with Crippen molar-refractivity contribution in [2.24, 2.45) is 5.92 Å². The van der Waals surface area contributed by atoms with E-state index in [0.29, 0.717) is 0 Å². The normalized spacial score (nSPS) is 11.8. The van der Waals surface area contributed by atoms with Crippen molar-refractivity contribution in [2.45, 2.75) is 5.92 Å². The molecule has 1 N–H and O–H groups in total. The number of ether oxygens (including phenoxy) is 2. The molecule has 0 saturated heterocycles. The van der Waals surface area contributed by atoms with Crippen LogP contribution in [0.5, 0.6) is 5.75 Å². The molecule has 0 heterocycles. The van der Waals surface area contributed by atoms with Crippen LogP contribution < -0.4 is 0 Å². The molecule has 0 unspecified atom stereocenters. The van der Waals surface area contributed by atoms with E-state index < -0.39 is 35.2 Å². The molecule has 0 aliphatic carbocycles. The first kappa shape index (κ1) is 16.4. The summed E-state index contributed by atoms with van der Waals surface area (Å²) in [7, 11) is 2.12. The van der Waals surface area contributed by atoms with E-state index in [4.69, 9.17) is 0 Å². The monoisotopic (exact) mass is 297 g/mol. The molecule has 1 rings (SSSR count). The highest BCUT2D eigenvalue weighted by Gasteiger charge is 2.41. The van der Waals surface area contributed by atoms with Crippen molar-refractivity contribution in [3.8, 4) is 5.75 Å². The van der Waals surface area contributed by atoms with Crippen LogP contribution >= 0.6 is 0 Å². The molecule has 8 heteroatoms. The molecule has 0 fully saturated rings. The number of phenols is 1. The van der Waals surface area contributed by atoms with Gasteiger partial charge in [-0.25, -0.2) is 0 Å². The van der Waals surface area contributed by atoms with Crippen LogP contribution in [0.2, 0.25) is 0 Å². The van der Waals surface area contributed by atoms with Gasteiger partial charge < -0.3 is 14.6 Å². The minimum atomic E-state index is -1.53. The van der Waals surface area contributed by atoms with Crippen molar-refractivity contribution < 1.29 is 29.1 Å². The van der Waals surface area contributed by atoms with Crippen LogP contribution in [0, 0.1) is 16.0 Å². The number of carbonyl (C=O) groups excluding carboxylic acids is 2. The van der Waals surface area contributed by atoms with E-state index in [9.17, 15) is 24.8 Å². The zero-order chi connectivity index (χ0) is 16.0. The van der Waals surface area contributed by atoms with Gasteiger partial charge in [0, 0.05) is 10.5 Å². The smallest absolute Gasteiger partial charge is 0.320 e. The van der Waals surface area contributed by atoms with Crippen LogP contribution in [0.3, 0.4) is 0 Å². The van der Waals surface area contributed by atoms with Gasteiger partial charge in [0.15, 0.2) is 5.92 Å². The third-order valence-corrected chi connectivity index (χ3v) is 2.99. The lowest BCUT2D eigenvalue weighted by atomic mass is 9.85. The van der Waals surface area contributed by atoms with Gasteiger partial charge >= 0.3 is 11.9 Å². The number of para-hydroxylation sites is 1. The topological polar surface area (TPSA) is 116 Å². The number of phenolic OH excluding ortho intramolecular Hbond substituents is 1. The Balaban J connectivity index is 3.33. The van der Waals surface area contributed by atoms with Gasteiger partial charge in [0.05, 0.1) is 20.1 Å². The molecule has 0 amide bonds. The van der Waals surface area contributed by atoms with Gasteiger partial charge in [-0.05, 0) is 6.07 Å². The highest BCUT2D eigenvalue weighted by Crippen LogP contribution is 2.33. The van der Waals surface area contributed by atoms with Crippen LogP contribution in [0.4, 0.5) is 0 Å². The Morgan fingerprint density at radius 3 is 2.19 bits per heavy atom. The molecule has 21 heavy (non-hydrogen) atoms. The van der Waals surface area contributed by atoms with Crippen molar-refractivity contribution in [3.63, 3.8) is 0 Å². The van der Waals surface area contributed by atoms with E-state index in [2.05, 4.69) is 9.47 Å². The highest BCUT2D eigenvalue weighted by molar-refractivity contribution is 5.96. The van der Waals surface area contributed by atoms with Gasteiger partial charge in [-0.15, -0.1) is 0 Å². The minimum absolute atomic E-state index is 0.106. The molecule has 8 nitrogen and oxygen atoms in total. The summed E-state index contributed by atoms with van der Waals surface area (Å²) in [5.41, 5.74) is 0.106. The predicted octanol–water partition coefficient (Wildman–Crippen LogP) is 0.715. The molecule has 114 valence electrons. The minimum Gasteiger partial charge on any atom is -0.508 e. The van der Waals surface area contributed by atoms with E-state index in [0.717, 1.165) is 14.2 Å². The molecule has 0 aliphatic rings. The van der Waals surface area contributed by atoms with E-state index >= 15 is 0 Å². The molecule has 0 aromatic heterocycles. The Morgan fingerprint density at radius 1 is 1.24 bits per heavy atom. The largest absolute Gasteiger partial charge is 0.508 e. The van der Waals surface area contributed by atoms with Crippen molar-refractivity contribution in [1.29, 1.82) is 0 Å². The number of carbonyl (C=O) groups is 2. The fourth-order valence-corrected chi connectivity index (χ4v) is 2.02. The second-order valence-electron chi connectivity index (χ2n) is 4.20. The van der Waals surface area contributed by atoms with Gasteiger partial charge in [0.1, 0.15) is 5.75 Å². The number of nitro groups is 1. The summed E-state index contributed by atoms with van der Waals surface area (Å²) in [4.78, 5) is 33.8. The van der Waals surface area contributed by atoms with E-state index in [1.165, 1.54) is 24.3 Å². The first-order chi connectivity index (χ1) is 9.92. The van der Waals surface area contributed by atoms with Crippen molar-refractivity contribution in [1.82, 2.24) is 0 Å². The highest BCUT2D eigenvalue weighted by atomic mass is 16.6. The van der Waals surface area contributed by atoms with Gasteiger partial charge in [-0.3, -0.25) is 19.7 Å². The average molecular weight is 297 g/mol. The SMILES string of the molecule is COC(=O)C(C(=O)OC)[C@H](C[N+](=O)[O-])c1ccccc1O. The fourth-order valence-electron chi connectivity index (χ4n) is 2.02. The summed E-state index contributed by atoms with van der Waals surface area (Å²) < 4.78 is 9.03. The molecule has 1 aromatic rings. The van der Waals surface area contributed by atoms with Gasteiger partial charge in [-0.2, -0.15) is 0 Å². The van der Waals surface area contributed by atoms with E-state index in [1.54, 1.807) is 0 Å². The number of methoxy groups -OCH3 is 2. The standard InChI is InChI=1S/C13H15NO7/c1-20-12(16)11(13(17)21-2)9(7-14(18)19)8-5-3-4-6-10(8)15/h3-6,9,11,15H,7H2,1-2H3/t9-/m1/s1. The first-order valence-electron chi connectivity index (χ1n) is 5.97. The zero-order valence-electron chi connectivity index (χ0n) is 11.5. The summed E-state index contributed by atoms with van der Waals surface area (Å²) >= 11 is 0. The average Bonchev–Trinajstić information content (AvgIpc) is 2.46. The van der Waals surface area contributed by atoms with Gasteiger partial charge in [-0.1, -0.05) is 18.2 Å². The molecule has 1 atom stereocenters. The fraction of sp³-hybridized carbons (Fsp3) is 0.385. The maximum absolute atomic E-state index is 11.8. The van der Waals surface area contributed by atoms with Crippen molar-refractivity contribution in [2.75, 3.05) is 20.8 Å². The lowest BCUT2D eigenvalue weighted by molar-refractivity contribution is -0.484. The van der Waals surface area contributed by atoms with Crippen LogP contribution in [-0.2, 0) is 19.1 Å². The molecular formula is C13H15NO7. The molecule has 0 radical (unpaired) electrons. The third kappa shape index (κ3) is 3.91. The van der Waals surface area contributed by atoms with Crippen LogP contribution in [0.15, 0.2) is 24.3 Å². The molecule has 0 bridgehead atoms. The Morgan fingerprint density at radius 2 is 1.76 bits per heavy atom.